The van der Waals surface area contributed by atoms with E-state index in [-0.39, 0.29) is 0 Å². The van der Waals surface area contributed by atoms with E-state index in [1.54, 1.807) is 0 Å². The first-order valence-electron chi connectivity index (χ1n) is 11.3. The summed E-state index contributed by atoms with van der Waals surface area (Å²) in [6, 6.07) is 1.30. The van der Waals surface area contributed by atoms with E-state index in [2.05, 4.69) is 48.6 Å². The number of unbranched alkanes of at least 4 members (excludes halogenated alkanes) is 2. The molecule has 1 rings (SSSR count). The highest BCUT2D eigenvalue weighted by atomic mass is 28.4. The van der Waals surface area contributed by atoms with Crippen LogP contribution in [0.25, 0.3) is 0 Å². The average Bonchev–Trinajstić information content (AvgIpc) is 2.62. The van der Waals surface area contributed by atoms with Gasteiger partial charge in [0, 0.05) is 45.9 Å². The summed E-state index contributed by atoms with van der Waals surface area (Å²) in [6.07, 6.45) is 6.62. The second-order valence-corrected chi connectivity index (χ2v) is 12.8. The lowest BCUT2D eigenvalue weighted by atomic mass is 10.2. The van der Waals surface area contributed by atoms with Crippen LogP contribution in [0.3, 0.4) is 0 Å². The predicted molar refractivity (Wildman–Crippen MR) is 118 cm³/mol. The van der Waals surface area contributed by atoms with Gasteiger partial charge in [0.2, 0.25) is 0 Å². The normalized spacial score (nSPS) is 17.3. The molecule has 5 heteroatoms. The largest absolute Gasteiger partial charge is 0.418 e. The first-order valence-corrected chi connectivity index (χ1v) is 14.4. The van der Waals surface area contributed by atoms with Gasteiger partial charge in [0.15, 0.2) is 8.32 Å². The quantitative estimate of drug-likeness (QED) is 0.394. The van der Waals surface area contributed by atoms with E-state index in [9.17, 15) is 0 Å². The molecule has 0 saturated carbocycles. The van der Waals surface area contributed by atoms with Crippen LogP contribution in [-0.2, 0) is 4.43 Å². The van der Waals surface area contributed by atoms with Crippen LogP contribution >= 0.6 is 0 Å². The van der Waals surface area contributed by atoms with Crippen LogP contribution in [-0.4, -0.2) is 88.5 Å². The topological polar surface area (TPSA) is 19.0 Å². The number of piperazine rings is 1. The Morgan fingerprint density at radius 3 is 1.81 bits per heavy atom. The van der Waals surface area contributed by atoms with Crippen LogP contribution < -0.4 is 0 Å². The van der Waals surface area contributed by atoms with Gasteiger partial charge in [0.05, 0.1) is 0 Å². The summed E-state index contributed by atoms with van der Waals surface area (Å²) in [5, 5.41) is 0. The van der Waals surface area contributed by atoms with Gasteiger partial charge in [-0.1, -0.05) is 26.7 Å². The molecule has 0 aromatic heterocycles. The van der Waals surface area contributed by atoms with E-state index in [1.807, 2.05) is 0 Å². The molecule has 0 amide bonds. The van der Waals surface area contributed by atoms with E-state index in [0.29, 0.717) is 0 Å². The molecule has 0 radical (unpaired) electrons. The summed E-state index contributed by atoms with van der Waals surface area (Å²) in [6.45, 7) is 23.7. The SMILES string of the molecule is CCCCN(CCCC)CCN1CCN(CCC[Si](C)(C)OCC)CC1. The van der Waals surface area contributed by atoms with Crippen molar-refractivity contribution in [3.63, 3.8) is 0 Å². The maximum atomic E-state index is 5.95. The second-order valence-electron chi connectivity index (χ2n) is 8.53. The molecule has 0 unspecified atom stereocenters. The summed E-state index contributed by atoms with van der Waals surface area (Å²) < 4.78 is 5.95. The number of hydrogen-bond donors (Lipinski definition) is 0. The monoisotopic (exact) mass is 385 g/mol. The summed E-state index contributed by atoms with van der Waals surface area (Å²) in [5.74, 6) is 0. The first-order chi connectivity index (χ1) is 12.5. The van der Waals surface area contributed by atoms with Crippen molar-refractivity contribution >= 4 is 8.32 Å². The predicted octanol–water partition coefficient (Wildman–Crippen LogP) is 4.14. The Hall–Kier alpha value is 0.0569. The lowest BCUT2D eigenvalue weighted by molar-refractivity contribution is 0.117. The molecular weight excluding hydrogens is 338 g/mol. The molecule has 0 aliphatic carbocycles. The lowest BCUT2D eigenvalue weighted by Gasteiger charge is -2.36. The fraction of sp³-hybridized carbons (Fsp3) is 1.00. The zero-order valence-electron chi connectivity index (χ0n) is 18.6. The van der Waals surface area contributed by atoms with Crippen molar-refractivity contribution in [3.8, 4) is 0 Å². The molecule has 0 N–H and O–H groups in total. The first kappa shape index (κ1) is 24.1. The maximum absolute atomic E-state index is 5.95. The van der Waals surface area contributed by atoms with Crippen LogP contribution in [0.15, 0.2) is 0 Å². The molecule has 4 nitrogen and oxygen atoms in total. The maximum Gasteiger partial charge on any atom is 0.186 e. The fourth-order valence-electron chi connectivity index (χ4n) is 3.81. The van der Waals surface area contributed by atoms with Crippen molar-refractivity contribution in [1.29, 1.82) is 0 Å². The van der Waals surface area contributed by atoms with Gasteiger partial charge < -0.3 is 14.2 Å². The molecule has 1 heterocycles. The summed E-state index contributed by atoms with van der Waals surface area (Å²) >= 11 is 0. The molecule has 1 aliphatic rings. The minimum absolute atomic E-state index is 0.880. The van der Waals surface area contributed by atoms with Gasteiger partial charge >= 0.3 is 0 Å². The van der Waals surface area contributed by atoms with Crippen molar-refractivity contribution in [1.82, 2.24) is 14.7 Å². The van der Waals surface area contributed by atoms with Crippen LogP contribution in [0.5, 0.6) is 0 Å². The molecule has 156 valence electrons. The van der Waals surface area contributed by atoms with Crippen molar-refractivity contribution < 1.29 is 4.43 Å². The van der Waals surface area contributed by atoms with Crippen LogP contribution in [0.1, 0.15) is 52.9 Å². The Morgan fingerprint density at radius 1 is 0.769 bits per heavy atom. The third-order valence-corrected chi connectivity index (χ3v) is 8.27. The molecule has 0 aromatic rings. The Labute approximate surface area is 165 Å². The third kappa shape index (κ3) is 11.0. The molecule has 1 saturated heterocycles. The third-order valence-electron chi connectivity index (χ3n) is 5.64. The number of nitrogens with zero attached hydrogens (tertiary/aromatic N) is 3. The van der Waals surface area contributed by atoms with Crippen LogP contribution in [0.2, 0.25) is 19.1 Å². The summed E-state index contributed by atoms with van der Waals surface area (Å²) in [5.41, 5.74) is 0. The standard InChI is InChI=1S/C21H47N3OSi/c1-6-9-12-22(13-10-7-2)15-18-24-19-16-23(17-20-24)14-11-21-26(4,5)25-8-3/h6-21H2,1-5H3. The molecule has 0 bridgehead atoms. The second kappa shape index (κ2) is 14.1. The molecule has 0 spiro atoms. The van der Waals surface area contributed by atoms with Gasteiger partial charge in [-0.3, -0.25) is 4.90 Å². The van der Waals surface area contributed by atoms with Crippen LogP contribution in [0.4, 0.5) is 0 Å². The molecule has 0 atom stereocenters. The van der Waals surface area contributed by atoms with E-state index in [0.717, 1.165) is 6.61 Å². The Morgan fingerprint density at radius 2 is 1.31 bits per heavy atom. The minimum atomic E-state index is -1.39. The number of hydrogen-bond acceptors (Lipinski definition) is 4. The molecule has 26 heavy (non-hydrogen) atoms. The summed E-state index contributed by atoms with van der Waals surface area (Å²) in [4.78, 5) is 8.04. The lowest BCUT2D eigenvalue weighted by Crippen LogP contribution is -2.48. The molecule has 1 fully saturated rings. The van der Waals surface area contributed by atoms with E-state index < -0.39 is 8.32 Å². The average molecular weight is 386 g/mol. The zero-order valence-corrected chi connectivity index (χ0v) is 19.6. The zero-order chi connectivity index (χ0) is 19.3. The van der Waals surface area contributed by atoms with Crippen molar-refractivity contribution in [2.45, 2.75) is 72.0 Å². The van der Waals surface area contributed by atoms with Crippen molar-refractivity contribution in [2.24, 2.45) is 0 Å². The highest BCUT2D eigenvalue weighted by Crippen LogP contribution is 2.14. The smallest absolute Gasteiger partial charge is 0.186 e. The summed E-state index contributed by atoms with van der Waals surface area (Å²) in [7, 11) is -1.39. The van der Waals surface area contributed by atoms with Crippen molar-refractivity contribution in [3.05, 3.63) is 0 Å². The van der Waals surface area contributed by atoms with Gasteiger partial charge in [-0.2, -0.15) is 0 Å². The Kier molecular flexibility index (Phi) is 13.1. The number of rotatable bonds is 15. The van der Waals surface area contributed by atoms with E-state index >= 15 is 0 Å². The van der Waals surface area contributed by atoms with Gasteiger partial charge in [0.25, 0.3) is 0 Å². The fourth-order valence-corrected chi connectivity index (χ4v) is 5.74. The van der Waals surface area contributed by atoms with Gasteiger partial charge in [-0.05, 0) is 65.0 Å². The van der Waals surface area contributed by atoms with E-state index in [1.165, 1.54) is 97.1 Å². The Bertz CT molecular complexity index is 325. The highest BCUT2D eigenvalue weighted by molar-refractivity contribution is 6.71. The minimum Gasteiger partial charge on any atom is -0.418 e. The van der Waals surface area contributed by atoms with Gasteiger partial charge in [-0.15, -0.1) is 0 Å². The Balaban J connectivity index is 2.18. The molecule has 0 aromatic carbocycles. The van der Waals surface area contributed by atoms with Crippen LogP contribution in [0, 0.1) is 0 Å². The van der Waals surface area contributed by atoms with Gasteiger partial charge in [0.1, 0.15) is 0 Å². The molecule has 1 aliphatic heterocycles. The van der Waals surface area contributed by atoms with Crippen molar-refractivity contribution in [2.75, 3.05) is 65.5 Å². The highest BCUT2D eigenvalue weighted by Gasteiger charge is 2.22. The van der Waals surface area contributed by atoms with Gasteiger partial charge in [-0.25, -0.2) is 0 Å². The molecular formula is C21H47N3OSi. The van der Waals surface area contributed by atoms with E-state index in [4.69, 9.17) is 4.43 Å².